The van der Waals surface area contributed by atoms with Gasteiger partial charge >= 0.3 is 0 Å². The highest BCUT2D eigenvalue weighted by atomic mass is 15.1. The summed E-state index contributed by atoms with van der Waals surface area (Å²) in [5.41, 5.74) is 10.9. The van der Waals surface area contributed by atoms with Crippen LogP contribution in [0.3, 0.4) is 0 Å². The van der Waals surface area contributed by atoms with Crippen molar-refractivity contribution in [3.63, 3.8) is 0 Å². The Hall–Kier alpha value is -2.47. The SMILES string of the molecule is N#Cc1ccc(N2CCCc3ccccc32)c(N)c1. The van der Waals surface area contributed by atoms with E-state index in [0.717, 1.165) is 25.1 Å². The zero-order chi connectivity index (χ0) is 13.2. The van der Waals surface area contributed by atoms with Crippen molar-refractivity contribution in [1.82, 2.24) is 0 Å². The molecule has 2 N–H and O–H groups in total. The predicted octanol–water partition coefficient (Wildman–Crippen LogP) is 3.22. The van der Waals surface area contributed by atoms with Crippen molar-refractivity contribution in [2.75, 3.05) is 17.2 Å². The average Bonchev–Trinajstić information content (AvgIpc) is 2.46. The van der Waals surface area contributed by atoms with E-state index >= 15 is 0 Å². The van der Waals surface area contributed by atoms with E-state index in [9.17, 15) is 0 Å². The molecule has 0 aromatic heterocycles. The molecule has 3 nitrogen and oxygen atoms in total. The van der Waals surface area contributed by atoms with E-state index in [0.29, 0.717) is 11.3 Å². The summed E-state index contributed by atoms with van der Waals surface area (Å²) in [6.07, 6.45) is 2.24. The highest BCUT2D eigenvalue weighted by Gasteiger charge is 2.19. The number of nitrogen functional groups attached to an aromatic ring is 1. The Morgan fingerprint density at radius 1 is 1.11 bits per heavy atom. The van der Waals surface area contributed by atoms with Gasteiger partial charge in [-0.25, -0.2) is 0 Å². The first-order valence-corrected chi connectivity index (χ1v) is 6.44. The van der Waals surface area contributed by atoms with Crippen molar-refractivity contribution in [2.24, 2.45) is 0 Å². The number of fused-ring (bicyclic) bond motifs is 1. The number of nitrogens with zero attached hydrogens (tertiary/aromatic N) is 2. The normalized spacial score (nSPS) is 13.7. The largest absolute Gasteiger partial charge is 0.397 e. The Bertz CT molecular complexity index is 655. The van der Waals surface area contributed by atoms with Crippen LogP contribution in [0.4, 0.5) is 17.1 Å². The first-order valence-electron chi connectivity index (χ1n) is 6.44. The smallest absolute Gasteiger partial charge is 0.0992 e. The molecule has 0 saturated heterocycles. The molecule has 0 unspecified atom stereocenters. The van der Waals surface area contributed by atoms with Gasteiger partial charge in [0, 0.05) is 12.2 Å². The second-order valence-corrected chi connectivity index (χ2v) is 4.77. The second kappa shape index (κ2) is 4.66. The number of anilines is 3. The number of nitrogens with two attached hydrogens (primary N) is 1. The van der Waals surface area contributed by atoms with Crippen molar-refractivity contribution in [2.45, 2.75) is 12.8 Å². The minimum Gasteiger partial charge on any atom is -0.397 e. The summed E-state index contributed by atoms with van der Waals surface area (Å²) in [4.78, 5) is 2.25. The molecule has 0 saturated carbocycles. The number of para-hydroxylation sites is 1. The van der Waals surface area contributed by atoms with Gasteiger partial charge in [0.05, 0.1) is 23.0 Å². The maximum atomic E-state index is 8.90. The molecular weight excluding hydrogens is 234 g/mol. The van der Waals surface area contributed by atoms with E-state index in [4.69, 9.17) is 11.0 Å². The van der Waals surface area contributed by atoms with Crippen LogP contribution in [0.25, 0.3) is 0 Å². The van der Waals surface area contributed by atoms with Gasteiger partial charge in [-0.15, -0.1) is 0 Å². The van der Waals surface area contributed by atoms with Crippen LogP contribution in [0.5, 0.6) is 0 Å². The molecule has 0 spiro atoms. The van der Waals surface area contributed by atoms with Crippen molar-refractivity contribution in [1.29, 1.82) is 5.26 Å². The van der Waals surface area contributed by atoms with Crippen molar-refractivity contribution < 1.29 is 0 Å². The zero-order valence-electron chi connectivity index (χ0n) is 10.6. The van der Waals surface area contributed by atoms with E-state index in [1.54, 1.807) is 6.07 Å². The van der Waals surface area contributed by atoms with E-state index < -0.39 is 0 Å². The number of aryl methyl sites for hydroxylation is 1. The minimum absolute atomic E-state index is 0.603. The number of hydrogen-bond donors (Lipinski definition) is 1. The fraction of sp³-hybridized carbons (Fsp3) is 0.188. The molecule has 0 aliphatic carbocycles. The molecule has 1 aliphatic rings. The molecule has 0 fully saturated rings. The van der Waals surface area contributed by atoms with Crippen LogP contribution < -0.4 is 10.6 Å². The average molecular weight is 249 g/mol. The van der Waals surface area contributed by atoms with Gasteiger partial charge in [0.2, 0.25) is 0 Å². The lowest BCUT2D eigenvalue weighted by Crippen LogP contribution is -2.25. The van der Waals surface area contributed by atoms with Gasteiger partial charge in [-0.3, -0.25) is 0 Å². The van der Waals surface area contributed by atoms with E-state index in [-0.39, 0.29) is 0 Å². The first kappa shape index (κ1) is 11.6. The summed E-state index contributed by atoms with van der Waals surface area (Å²) in [6, 6.07) is 16.0. The predicted molar refractivity (Wildman–Crippen MR) is 77.3 cm³/mol. The number of rotatable bonds is 1. The molecule has 19 heavy (non-hydrogen) atoms. The molecular formula is C16H15N3. The number of hydrogen-bond acceptors (Lipinski definition) is 3. The van der Waals surface area contributed by atoms with Gasteiger partial charge in [-0.2, -0.15) is 5.26 Å². The third-order valence-electron chi connectivity index (χ3n) is 3.56. The highest BCUT2D eigenvalue weighted by molar-refractivity contribution is 5.78. The van der Waals surface area contributed by atoms with Crippen molar-refractivity contribution in [3.8, 4) is 6.07 Å². The molecule has 1 aliphatic heterocycles. The second-order valence-electron chi connectivity index (χ2n) is 4.77. The van der Waals surface area contributed by atoms with Gasteiger partial charge in [0.15, 0.2) is 0 Å². The Morgan fingerprint density at radius 3 is 2.74 bits per heavy atom. The van der Waals surface area contributed by atoms with Crippen LogP contribution in [0.15, 0.2) is 42.5 Å². The van der Waals surface area contributed by atoms with Crippen LogP contribution in [0.1, 0.15) is 17.5 Å². The molecule has 94 valence electrons. The topological polar surface area (TPSA) is 53.0 Å². The number of nitriles is 1. The lowest BCUT2D eigenvalue weighted by molar-refractivity contribution is 0.767. The van der Waals surface area contributed by atoms with Gasteiger partial charge in [0.25, 0.3) is 0 Å². The molecule has 3 rings (SSSR count). The molecule has 3 heteroatoms. The molecule has 0 atom stereocenters. The number of benzene rings is 2. The Morgan fingerprint density at radius 2 is 1.95 bits per heavy atom. The fourth-order valence-corrected chi connectivity index (χ4v) is 2.65. The first-order chi connectivity index (χ1) is 9.29. The zero-order valence-corrected chi connectivity index (χ0v) is 10.6. The van der Waals surface area contributed by atoms with Crippen molar-refractivity contribution >= 4 is 17.1 Å². The fourth-order valence-electron chi connectivity index (χ4n) is 2.65. The lowest BCUT2D eigenvalue weighted by Gasteiger charge is -2.32. The van der Waals surface area contributed by atoms with E-state index in [2.05, 4.69) is 35.2 Å². The maximum Gasteiger partial charge on any atom is 0.0992 e. The van der Waals surface area contributed by atoms with Crippen molar-refractivity contribution in [3.05, 3.63) is 53.6 Å². The van der Waals surface area contributed by atoms with Gasteiger partial charge in [-0.05, 0) is 42.7 Å². The van der Waals surface area contributed by atoms with Gasteiger partial charge < -0.3 is 10.6 Å². The Labute approximate surface area is 112 Å². The maximum absolute atomic E-state index is 8.90. The van der Waals surface area contributed by atoms with Crippen LogP contribution in [0.2, 0.25) is 0 Å². The van der Waals surface area contributed by atoms with E-state index in [1.807, 2.05) is 12.1 Å². The third-order valence-corrected chi connectivity index (χ3v) is 3.56. The summed E-state index contributed by atoms with van der Waals surface area (Å²) in [7, 11) is 0. The molecule has 2 aromatic rings. The summed E-state index contributed by atoms with van der Waals surface area (Å²) in [5.74, 6) is 0. The monoisotopic (exact) mass is 249 g/mol. The lowest BCUT2D eigenvalue weighted by atomic mass is 10.0. The minimum atomic E-state index is 0.603. The van der Waals surface area contributed by atoms with Gasteiger partial charge in [0.1, 0.15) is 0 Å². The molecule has 0 radical (unpaired) electrons. The van der Waals surface area contributed by atoms with Gasteiger partial charge in [-0.1, -0.05) is 18.2 Å². The molecule has 0 amide bonds. The molecule has 2 aromatic carbocycles. The highest BCUT2D eigenvalue weighted by Crippen LogP contribution is 2.36. The quantitative estimate of drug-likeness (QED) is 0.789. The summed E-state index contributed by atoms with van der Waals surface area (Å²) in [5, 5.41) is 8.90. The van der Waals surface area contributed by atoms with Crippen LogP contribution in [0, 0.1) is 11.3 Å². The standard InChI is InChI=1S/C16H15N3/c17-11-12-7-8-16(14(18)10-12)19-9-3-5-13-4-1-2-6-15(13)19/h1-2,4,6-8,10H,3,5,9,18H2. The summed E-state index contributed by atoms with van der Waals surface area (Å²) >= 11 is 0. The third kappa shape index (κ3) is 2.02. The van der Waals surface area contributed by atoms with E-state index in [1.165, 1.54) is 11.3 Å². The Kier molecular flexibility index (Phi) is 2.85. The molecule has 1 heterocycles. The summed E-state index contributed by atoms with van der Waals surface area (Å²) < 4.78 is 0. The van der Waals surface area contributed by atoms with Crippen LogP contribution >= 0.6 is 0 Å². The van der Waals surface area contributed by atoms with Crippen LogP contribution in [-0.2, 0) is 6.42 Å². The molecule has 0 bridgehead atoms. The van der Waals surface area contributed by atoms with Crippen LogP contribution in [-0.4, -0.2) is 6.54 Å². The Balaban J connectivity index is 2.07. The summed E-state index contributed by atoms with van der Waals surface area (Å²) in [6.45, 7) is 0.965.